The van der Waals surface area contributed by atoms with Gasteiger partial charge in [0.15, 0.2) is 0 Å². The van der Waals surface area contributed by atoms with E-state index < -0.39 is 0 Å². The summed E-state index contributed by atoms with van der Waals surface area (Å²) in [6.07, 6.45) is 2.44. The molecule has 2 heteroatoms. The molecule has 0 aliphatic carbocycles. The zero-order valence-electron chi connectivity index (χ0n) is 10.1. The van der Waals surface area contributed by atoms with Gasteiger partial charge in [-0.25, -0.2) is 0 Å². The third kappa shape index (κ3) is 3.02. The molecule has 0 radical (unpaired) electrons. The quantitative estimate of drug-likeness (QED) is 0.680. The first-order valence-electron chi connectivity index (χ1n) is 5.60. The first-order valence-corrected chi connectivity index (χ1v) is 5.60. The van der Waals surface area contributed by atoms with E-state index in [0.29, 0.717) is 6.04 Å². The van der Waals surface area contributed by atoms with E-state index in [2.05, 4.69) is 44.3 Å². The highest BCUT2D eigenvalue weighted by Crippen LogP contribution is 2.21. The van der Waals surface area contributed by atoms with E-state index in [4.69, 9.17) is 0 Å². The number of likely N-dealkylation sites (N-methyl/N-ethyl adjacent to an activating group) is 2. The number of hydrogen-bond acceptors (Lipinski definition) is 2. The number of nitrogens with zero attached hydrogens (tertiary/aromatic N) is 2. The molecule has 0 saturated carbocycles. The van der Waals surface area contributed by atoms with Crippen LogP contribution in [0.2, 0.25) is 0 Å². The van der Waals surface area contributed by atoms with Gasteiger partial charge in [0.25, 0.3) is 0 Å². The lowest BCUT2D eigenvalue weighted by Gasteiger charge is -2.24. The molecule has 0 spiro atoms. The van der Waals surface area contributed by atoms with Crippen LogP contribution in [0, 0.1) is 5.92 Å². The van der Waals surface area contributed by atoms with Crippen molar-refractivity contribution in [2.75, 3.05) is 27.2 Å². The molecule has 1 fully saturated rings. The third-order valence-corrected chi connectivity index (χ3v) is 3.18. The molecular formula is C12H24N2. The Kier molecular flexibility index (Phi) is 3.99. The maximum Gasteiger partial charge on any atom is 0.0331 e. The van der Waals surface area contributed by atoms with Gasteiger partial charge in [-0.15, -0.1) is 0 Å². The Hall–Kier alpha value is -0.500. The molecule has 0 amide bonds. The van der Waals surface area contributed by atoms with Crippen LogP contribution < -0.4 is 0 Å². The van der Waals surface area contributed by atoms with Crippen molar-refractivity contribution in [3.05, 3.63) is 12.3 Å². The smallest absolute Gasteiger partial charge is 0.0331 e. The zero-order valence-corrected chi connectivity index (χ0v) is 10.1. The first kappa shape index (κ1) is 11.6. The van der Waals surface area contributed by atoms with Gasteiger partial charge in [0.2, 0.25) is 0 Å². The van der Waals surface area contributed by atoms with Crippen LogP contribution in [0.5, 0.6) is 0 Å². The second-order valence-electron chi connectivity index (χ2n) is 4.97. The van der Waals surface area contributed by atoms with Crippen molar-refractivity contribution in [3.8, 4) is 0 Å². The van der Waals surface area contributed by atoms with Crippen molar-refractivity contribution in [1.82, 2.24) is 9.80 Å². The Morgan fingerprint density at radius 2 is 2.21 bits per heavy atom. The van der Waals surface area contributed by atoms with Crippen LogP contribution in [0.4, 0.5) is 0 Å². The molecule has 82 valence electrons. The minimum Gasteiger partial charge on any atom is -0.377 e. The van der Waals surface area contributed by atoms with Gasteiger partial charge in [-0.1, -0.05) is 20.4 Å². The van der Waals surface area contributed by atoms with E-state index in [-0.39, 0.29) is 0 Å². The summed E-state index contributed by atoms with van der Waals surface area (Å²) in [5.41, 5.74) is 1.28. The molecule has 1 saturated heterocycles. The highest BCUT2D eigenvalue weighted by molar-refractivity contribution is 5.04. The van der Waals surface area contributed by atoms with Crippen molar-refractivity contribution in [1.29, 1.82) is 0 Å². The molecule has 0 aromatic carbocycles. The summed E-state index contributed by atoms with van der Waals surface area (Å²) < 4.78 is 0. The molecule has 1 atom stereocenters. The van der Waals surface area contributed by atoms with Crippen LogP contribution in [0.1, 0.15) is 26.7 Å². The summed E-state index contributed by atoms with van der Waals surface area (Å²) in [6.45, 7) is 11.0. The molecule has 1 aliphatic heterocycles. The Morgan fingerprint density at radius 1 is 1.57 bits per heavy atom. The average Bonchev–Trinajstić information content (AvgIpc) is 2.43. The normalized spacial score (nSPS) is 22.9. The fraction of sp³-hybridized carbons (Fsp3) is 0.833. The summed E-state index contributed by atoms with van der Waals surface area (Å²) in [7, 11) is 4.37. The molecule has 14 heavy (non-hydrogen) atoms. The predicted molar refractivity (Wildman–Crippen MR) is 62.3 cm³/mol. The first-order chi connectivity index (χ1) is 6.50. The zero-order chi connectivity index (χ0) is 10.7. The molecule has 0 bridgehead atoms. The van der Waals surface area contributed by atoms with E-state index in [1.807, 2.05) is 0 Å². The number of hydrogen-bond donors (Lipinski definition) is 0. The average molecular weight is 196 g/mol. The van der Waals surface area contributed by atoms with Gasteiger partial charge in [-0.2, -0.15) is 0 Å². The molecule has 0 aromatic heterocycles. The maximum atomic E-state index is 4.06. The summed E-state index contributed by atoms with van der Waals surface area (Å²) in [4.78, 5) is 4.76. The van der Waals surface area contributed by atoms with E-state index >= 15 is 0 Å². The van der Waals surface area contributed by atoms with Gasteiger partial charge in [0, 0.05) is 31.8 Å². The van der Waals surface area contributed by atoms with E-state index in [9.17, 15) is 0 Å². The van der Waals surface area contributed by atoms with Gasteiger partial charge >= 0.3 is 0 Å². The van der Waals surface area contributed by atoms with Gasteiger partial charge in [-0.3, -0.25) is 0 Å². The molecule has 1 heterocycles. The van der Waals surface area contributed by atoms with Crippen LogP contribution in [-0.4, -0.2) is 43.0 Å². The van der Waals surface area contributed by atoms with Gasteiger partial charge in [0.05, 0.1) is 0 Å². The molecule has 1 aliphatic rings. The minimum absolute atomic E-state index is 0.686. The third-order valence-electron chi connectivity index (χ3n) is 3.18. The van der Waals surface area contributed by atoms with Crippen LogP contribution in [0.25, 0.3) is 0 Å². The monoisotopic (exact) mass is 196 g/mol. The van der Waals surface area contributed by atoms with Crippen LogP contribution in [-0.2, 0) is 0 Å². The van der Waals surface area contributed by atoms with Crippen LogP contribution in [0.15, 0.2) is 12.3 Å². The summed E-state index contributed by atoms with van der Waals surface area (Å²) in [6, 6.07) is 0.686. The Bertz CT molecular complexity index is 198. The topological polar surface area (TPSA) is 6.48 Å². The van der Waals surface area contributed by atoms with E-state index in [1.165, 1.54) is 18.7 Å². The standard InChI is InChI=1S/C12H24N2/c1-10(2)6-7-13(4)12-8-11(3)14(5)9-12/h10,12H,3,6-9H2,1-2,4-5H3/t12-/m1/s1. The molecular weight excluding hydrogens is 172 g/mol. The Labute approximate surface area is 88.6 Å². The fourth-order valence-corrected chi connectivity index (χ4v) is 1.88. The van der Waals surface area contributed by atoms with Crippen molar-refractivity contribution in [2.24, 2.45) is 5.92 Å². The SMILES string of the molecule is C=C1C[C@@H](N(C)CCC(C)C)CN1C. The van der Waals surface area contributed by atoms with Gasteiger partial charge in [0.1, 0.15) is 0 Å². The highest BCUT2D eigenvalue weighted by Gasteiger charge is 2.25. The van der Waals surface area contributed by atoms with Crippen molar-refractivity contribution in [3.63, 3.8) is 0 Å². The molecule has 0 N–H and O–H groups in total. The summed E-state index contributed by atoms with van der Waals surface area (Å²) in [5, 5.41) is 0. The number of likely N-dealkylation sites (tertiary alicyclic amines) is 1. The molecule has 0 aromatic rings. The van der Waals surface area contributed by atoms with Crippen LogP contribution >= 0.6 is 0 Å². The van der Waals surface area contributed by atoms with E-state index in [0.717, 1.165) is 18.9 Å². The molecule has 1 rings (SSSR count). The Balaban J connectivity index is 2.32. The van der Waals surface area contributed by atoms with Crippen molar-refractivity contribution >= 4 is 0 Å². The second-order valence-corrected chi connectivity index (χ2v) is 4.97. The lowest BCUT2D eigenvalue weighted by Crippen LogP contribution is -2.34. The summed E-state index contributed by atoms with van der Waals surface area (Å²) in [5.74, 6) is 0.805. The van der Waals surface area contributed by atoms with Gasteiger partial charge in [-0.05, 0) is 25.9 Å². The predicted octanol–water partition coefficient (Wildman–Crippen LogP) is 2.18. The summed E-state index contributed by atoms with van der Waals surface area (Å²) >= 11 is 0. The lowest BCUT2D eigenvalue weighted by atomic mass is 10.1. The fourth-order valence-electron chi connectivity index (χ4n) is 1.88. The second kappa shape index (κ2) is 4.83. The molecule has 2 nitrogen and oxygen atoms in total. The Morgan fingerprint density at radius 3 is 2.64 bits per heavy atom. The largest absolute Gasteiger partial charge is 0.377 e. The van der Waals surface area contributed by atoms with Gasteiger partial charge < -0.3 is 9.80 Å². The van der Waals surface area contributed by atoms with Crippen molar-refractivity contribution < 1.29 is 0 Å². The van der Waals surface area contributed by atoms with Crippen molar-refractivity contribution in [2.45, 2.75) is 32.7 Å². The maximum absolute atomic E-state index is 4.06. The van der Waals surface area contributed by atoms with E-state index in [1.54, 1.807) is 0 Å². The highest BCUT2D eigenvalue weighted by atomic mass is 15.2. The number of rotatable bonds is 4. The minimum atomic E-state index is 0.686. The lowest BCUT2D eigenvalue weighted by molar-refractivity contribution is 0.230. The van der Waals surface area contributed by atoms with Crippen LogP contribution in [0.3, 0.4) is 0 Å². The molecule has 0 unspecified atom stereocenters.